The van der Waals surface area contributed by atoms with Crippen LogP contribution in [0.2, 0.25) is 0 Å². The second-order valence-corrected chi connectivity index (χ2v) is 5.00. The fourth-order valence-electron chi connectivity index (χ4n) is 2.15. The van der Waals surface area contributed by atoms with Crippen molar-refractivity contribution < 1.29 is 14.2 Å². The van der Waals surface area contributed by atoms with E-state index in [-0.39, 0.29) is 12.6 Å². The molecule has 0 amide bonds. The van der Waals surface area contributed by atoms with Crippen LogP contribution in [0.3, 0.4) is 0 Å². The highest BCUT2D eigenvalue weighted by Crippen LogP contribution is 2.28. The van der Waals surface area contributed by atoms with E-state index in [0.29, 0.717) is 23.8 Å². The van der Waals surface area contributed by atoms with Gasteiger partial charge in [-0.1, -0.05) is 24.1 Å². The average molecular weight is 339 g/mol. The second kappa shape index (κ2) is 9.08. The maximum Gasteiger partial charge on any atom is 0.193 e. The summed E-state index contributed by atoms with van der Waals surface area (Å²) in [4.78, 5) is 4.33. The molecule has 25 heavy (non-hydrogen) atoms. The molecule has 0 spiro atoms. The minimum Gasteiger partial charge on any atom is -0.495 e. The van der Waals surface area contributed by atoms with Gasteiger partial charge in [-0.05, 0) is 29.8 Å². The van der Waals surface area contributed by atoms with Crippen LogP contribution in [0.4, 0.5) is 5.69 Å². The standard InChI is InChI=1S/C19H21N3O3/c1-4-11-25-18-12-14(9-10-17(18)24-3)13-21-19(20)22-15-7-5-6-8-16(15)23-2/h1,5-10,12H,11,13H2,2-3H3,(H3,20,21,22). The van der Waals surface area contributed by atoms with Crippen molar-refractivity contribution in [3.05, 3.63) is 48.0 Å². The monoisotopic (exact) mass is 339 g/mol. The fourth-order valence-corrected chi connectivity index (χ4v) is 2.15. The normalized spacial score (nSPS) is 10.7. The van der Waals surface area contributed by atoms with Crippen LogP contribution in [0.15, 0.2) is 47.5 Å². The zero-order valence-electron chi connectivity index (χ0n) is 14.3. The molecule has 0 fully saturated rings. The molecule has 0 aliphatic heterocycles. The van der Waals surface area contributed by atoms with Gasteiger partial charge in [0.1, 0.15) is 12.4 Å². The number of para-hydroxylation sites is 2. The van der Waals surface area contributed by atoms with Crippen LogP contribution >= 0.6 is 0 Å². The molecule has 130 valence electrons. The molecule has 0 aromatic heterocycles. The first-order chi connectivity index (χ1) is 12.2. The number of ether oxygens (including phenoxy) is 3. The van der Waals surface area contributed by atoms with Gasteiger partial charge in [0.25, 0.3) is 0 Å². The maximum absolute atomic E-state index is 5.95. The van der Waals surface area contributed by atoms with E-state index in [1.54, 1.807) is 20.3 Å². The van der Waals surface area contributed by atoms with Gasteiger partial charge in [0, 0.05) is 0 Å². The van der Waals surface area contributed by atoms with Gasteiger partial charge < -0.3 is 25.3 Å². The third-order valence-corrected chi connectivity index (χ3v) is 3.34. The van der Waals surface area contributed by atoms with Gasteiger partial charge in [0.05, 0.1) is 26.5 Å². The summed E-state index contributed by atoms with van der Waals surface area (Å²) < 4.78 is 16.0. The quantitative estimate of drug-likeness (QED) is 0.461. The molecule has 2 aromatic carbocycles. The van der Waals surface area contributed by atoms with E-state index in [1.807, 2.05) is 36.4 Å². The number of benzene rings is 2. The summed E-state index contributed by atoms with van der Waals surface area (Å²) in [6.45, 7) is 0.547. The smallest absolute Gasteiger partial charge is 0.193 e. The van der Waals surface area contributed by atoms with Crippen molar-refractivity contribution in [2.24, 2.45) is 10.7 Å². The molecular formula is C19H21N3O3. The number of methoxy groups -OCH3 is 2. The lowest BCUT2D eigenvalue weighted by molar-refractivity contribution is 0.330. The highest BCUT2D eigenvalue weighted by Gasteiger charge is 2.06. The van der Waals surface area contributed by atoms with Crippen molar-refractivity contribution in [1.29, 1.82) is 0 Å². The summed E-state index contributed by atoms with van der Waals surface area (Å²) in [5, 5.41) is 3.02. The van der Waals surface area contributed by atoms with Crippen LogP contribution in [0.25, 0.3) is 0 Å². The number of nitrogens with one attached hydrogen (secondary N) is 1. The van der Waals surface area contributed by atoms with Crippen LogP contribution in [0.5, 0.6) is 17.2 Å². The first kappa shape index (κ1) is 18.0. The summed E-state index contributed by atoms with van der Waals surface area (Å²) in [5.41, 5.74) is 7.62. The summed E-state index contributed by atoms with van der Waals surface area (Å²) in [6, 6.07) is 13.0. The fraction of sp³-hybridized carbons (Fsp3) is 0.211. The van der Waals surface area contributed by atoms with E-state index < -0.39 is 0 Å². The van der Waals surface area contributed by atoms with E-state index >= 15 is 0 Å². The predicted molar refractivity (Wildman–Crippen MR) is 99.3 cm³/mol. The Kier molecular flexibility index (Phi) is 6.55. The lowest BCUT2D eigenvalue weighted by atomic mass is 10.2. The van der Waals surface area contributed by atoms with Gasteiger partial charge in [-0.25, -0.2) is 4.99 Å². The Morgan fingerprint density at radius 2 is 1.88 bits per heavy atom. The van der Waals surface area contributed by atoms with Gasteiger partial charge in [-0.3, -0.25) is 0 Å². The molecule has 0 atom stereocenters. The van der Waals surface area contributed by atoms with Gasteiger partial charge in [-0.2, -0.15) is 0 Å². The van der Waals surface area contributed by atoms with Gasteiger partial charge in [0.15, 0.2) is 17.5 Å². The van der Waals surface area contributed by atoms with E-state index in [0.717, 1.165) is 11.3 Å². The Morgan fingerprint density at radius 3 is 2.60 bits per heavy atom. The molecule has 3 N–H and O–H groups in total. The Bertz CT molecular complexity index is 782. The molecule has 0 saturated heterocycles. The van der Waals surface area contributed by atoms with Crippen LogP contribution in [-0.4, -0.2) is 26.8 Å². The Morgan fingerprint density at radius 1 is 1.12 bits per heavy atom. The summed E-state index contributed by atoms with van der Waals surface area (Å²) >= 11 is 0. The molecule has 0 aliphatic rings. The highest BCUT2D eigenvalue weighted by atomic mass is 16.5. The topological polar surface area (TPSA) is 78.1 Å². The molecular weight excluding hydrogens is 318 g/mol. The molecule has 0 aliphatic carbocycles. The number of rotatable bonds is 7. The number of nitrogens with zero attached hydrogens (tertiary/aromatic N) is 1. The summed E-state index contributed by atoms with van der Waals surface area (Å²) in [6.07, 6.45) is 5.23. The van der Waals surface area contributed by atoms with Crippen LogP contribution in [0, 0.1) is 12.3 Å². The van der Waals surface area contributed by atoms with Crippen LogP contribution < -0.4 is 25.3 Å². The molecule has 2 rings (SSSR count). The molecule has 0 heterocycles. The zero-order valence-corrected chi connectivity index (χ0v) is 14.3. The SMILES string of the molecule is C#CCOc1cc(CN=C(N)Nc2ccccc2OC)ccc1OC. The number of terminal acetylenes is 1. The van der Waals surface area contributed by atoms with Gasteiger partial charge >= 0.3 is 0 Å². The van der Waals surface area contributed by atoms with E-state index in [9.17, 15) is 0 Å². The van der Waals surface area contributed by atoms with Crippen molar-refractivity contribution in [2.75, 3.05) is 26.1 Å². The molecule has 0 radical (unpaired) electrons. The number of aliphatic imine (C=N–C) groups is 1. The summed E-state index contributed by atoms with van der Waals surface area (Å²) in [7, 11) is 3.17. The first-order valence-corrected chi connectivity index (χ1v) is 7.61. The molecule has 2 aromatic rings. The average Bonchev–Trinajstić information content (AvgIpc) is 2.65. The molecule has 6 nitrogen and oxygen atoms in total. The van der Waals surface area contributed by atoms with Crippen molar-refractivity contribution in [2.45, 2.75) is 6.54 Å². The van der Waals surface area contributed by atoms with E-state index in [2.05, 4.69) is 16.2 Å². The van der Waals surface area contributed by atoms with Gasteiger partial charge in [0.2, 0.25) is 0 Å². The first-order valence-electron chi connectivity index (χ1n) is 7.61. The second-order valence-electron chi connectivity index (χ2n) is 5.00. The number of hydrogen-bond acceptors (Lipinski definition) is 4. The molecule has 0 unspecified atom stereocenters. The third-order valence-electron chi connectivity index (χ3n) is 3.34. The van der Waals surface area contributed by atoms with E-state index in [1.165, 1.54) is 0 Å². The van der Waals surface area contributed by atoms with Crippen molar-refractivity contribution in [3.8, 4) is 29.6 Å². The number of guanidine groups is 1. The van der Waals surface area contributed by atoms with Crippen molar-refractivity contribution >= 4 is 11.6 Å². The van der Waals surface area contributed by atoms with Crippen LogP contribution in [0.1, 0.15) is 5.56 Å². The lowest BCUT2D eigenvalue weighted by Crippen LogP contribution is -2.22. The number of anilines is 1. The molecule has 0 saturated carbocycles. The molecule has 0 bridgehead atoms. The Labute approximate surface area is 147 Å². The predicted octanol–water partition coefficient (Wildman–Crippen LogP) is 2.64. The molecule has 6 heteroatoms. The third kappa shape index (κ3) is 5.08. The van der Waals surface area contributed by atoms with Crippen molar-refractivity contribution in [1.82, 2.24) is 0 Å². The lowest BCUT2D eigenvalue weighted by Gasteiger charge is -2.11. The minimum absolute atomic E-state index is 0.167. The number of hydrogen-bond donors (Lipinski definition) is 2. The zero-order chi connectivity index (χ0) is 18.1. The van der Waals surface area contributed by atoms with Crippen LogP contribution in [-0.2, 0) is 6.54 Å². The van der Waals surface area contributed by atoms with Crippen molar-refractivity contribution in [3.63, 3.8) is 0 Å². The Hall–Kier alpha value is -3.33. The number of nitrogens with two attached hydrogens (primary N) is 1. The van der Waals surface area contributed by atoms with E-state index in [4.69, 9.17) is 26.4 Å². The Balaban J connectivity index is 2.08. The largest absolute Gasteiger partial charge is 0.495 e. The maximum atomic E-state index is 5.95. The van der Waals surface area contributed by atoms with Gasteiger partial charge in [-0.15, -0.1) is 6.42 Å². The minimum atomic E-state index is 0.167. The highest BCUT2D eigenvalue weighted by molar-refractivity contribution is 5.93. The summed E-state index contributed by atoms with van der Waals surface area (Å²) in [5.74, 6) is 4.59.